The topological polar surface area (TPSA) is 112 Å². The minimum atomic E-state index is -0.625. The third-order valence-corrected chi connectivity index (χ3v) is 4.48. The molecule has 140 valence electrons. The second-order valence-corrected chi connectivity index (χ2v) is 6.47. The van der Waals surface area contributed by atoms with Gasteiger partial charge in [-0.3, -0.25) is 9.59 Å². The molecule has 1 N–H and O–H groups in total. The number of nitrogens with one attached hydrogen (secondary N) is 1. The van der Waals surface area contributed by atoms with E-state index in [4.69, 9.17) is 4.74 Å². The first-order chi connectivity index (χ1) is 13.2. The summed E-state index contributed by atoms with van der Waals surface area (Å²) >= 11 is 1.25. The second-order valence-electron chi connectivity index (χ2n) is 5.61. The monoisotopic (exact) mass is 386 g/mol. The van der Waals surface area contributed by atoms with Gasteiger partial charge in [-0.05, 0) is 22.9 Å². The van der Waals surface area contributed by atoms with Crippen molar-refractivity contribution in [2.24, 2.45) is 0 Å². The molecule has 0 bridgehead atoms. The zero-order chi connectivity index (χ0) is 19.1. The van der Waals surface area contributed by atoms with Crippen LogP contribution in [0.25, 0.3) is 0 Å². The van der Waals surface area contributed by atoms with Gasteiger partial charge in [-0.2, -0.15) is 0 Å². The van der Waals surface area contributed by atoms with Crippen molar-refractivity contribution in [2.75, 3.05) is 11.9 Å². The molecule has 27 heavy (non-hydrogen) atoms. The van der Waals surface area contributed by atoms with Gasteiger partial charge in [0.2, 0.25) is 0 Å². The van der Waals surface area contributed by atoms with Crippen molar-refractivity contribution in [3.8, 4) is 0 Å². The Labute approximate surface area is 159 Å². The van der Waals surface area contributed by atoms with Crippen LogP contribution in [0.3, 0.4) is 0 Å². The molecule has 0 saturated heterocycles. The number of carbonyl (C=O) groups excluding carboxylic acids is 2. The number of hydrogen-bond acceptors (Lipinski definition) is 8. The van der Waals surface area contributed by atoms with Crippen molar-refractivity contribution in [3.63, 3.8) is 0 Å². The number of benzene rings is 1. The van der Waals surface area contributed by atoms with Crippen LogP contribution in [0.5, 0.6) is 0 Å². The SMILES string of the molecule is CCOC(=O)Cc1csc(NC(=O)C(Cc2ccccc2)n2cnnn2)n1. The van der Waals surface area contributed by atoms with Crippen molar-refractivity contribution >= 4 is 28.3 Å². The number of ether oxygens (including phenoxy) is 1. The number of thiazole rings is 1. The van der Waals surface area contributed by atoms with E-state index in [1.807, 2.05) is 30.3 Å². The van der Waals surface area contributed by atoms with E-state index < -0.39 is 6.04 Å². The number of aromatic nitrogens is 5. The number of nitrogens with zero attached hydrogens (tertiary/aromatic N) is 5. The predicted octanol–water partition coefficient (Wildman–Crippen LogP) is 1.66. The minimum absolute atomic E-state index is 0.0701. The Bertz CT molecular complexity index is 881. The van der Waals surface area contributed by atoms with Gasteiger partial charge in [0.05, 0.1) is 18.7 Å². The van der Waals surface area contributed by atoms with Crippen LogP contribution in [0.1, 0.15) is 24.2 Å². The van der Waals surface area contributed by atoms with Crippen LogP contribution in [0.15, 0.2) is 42.0 Å². The van der Waals surface area contributed by atoms with Gasteiger partial charge in [0.25, 0.3) is 5.91 Å². The highest BCUT2D eigenvalue weighted by Crippen LogP contribution is 2.20. The van der Waals surface area contributed by atoms with E-state index in [9.17, 15) is 9.59 Å². The van der Waals surface area contributed by atoms with E-state index in [-0.39, 0.29) is 18.3 Å². The summed E-state index contributed by atoms with van der Waals surface area (Å²) in [5.41, 5.74) is 1.53. The smallest absolute Gasteiger partial charge is 0.311 e. The molecule has 0 saturated carbocycles. The largest absolute Gasteiger partial charge is 0.466 e. The molecule has 2 aromatic heterocycles. The van der Waals surface area contributed by atoms with Crippen molar-refractivity contribution in [3.05, 3.63) is 53.3 Å². The average molecular weight is 386 g/mol. The summed E-state index contributed by atoms with van der Waals surface area (Å²) in [5.74, 6) is -0.639. The number of tetrazole rings is 1. The Hall–Kier alpha value is -3.14. The van der Waals surface area contributed by atoms with Crippen LogP contribution in [-0.2, 0) is 27.2 Å². The van der Waals surface area contributed by atoms with Crippen LogP contribution in [0, 0.1) is 0 Å². The molecule has 0 aliphatic carbocycles. The van der Waals surface area contributed by atoms with E-state index >= 15 is 0 Å². The number of carbonyl (C=O) groups is 2. The van der Waals surface area contributed by atoms with E-state index in [0.717, 1.165) is 5.56 Å². The normalized spacial score (nSPS) is 11.7. The maximum atomic E-state index is 12.8. The van der Waals surface area contributed by atoms with Crippen molar-refractivity contribution < 1.29 is 14.3 Å². The van der Waals surface area contributed by atoms with Gasteiger partial charge in [-0.25, -0.2) is 9.67 Å². The minimum Gasteiger partial charge on any atom is -0.466 e. The van der Waals surface area contributed by atoms with Crippen molar-refractivity contribution in [2.45, 2.75) is 25.8 Å². The lowest BCUT2D eigenvalue weighted by Gasteiger charge is -2.15. The summed E-state index contributed by atoms with van der Waals surface area (Å²) in [4.78, 5) is 28.6. The fourth-order valence-corrected chi connectivity index (χ4v) is 3.16. The summed E-state index contributed by atoms with van der Waals surface area (Å²) in [6, 6.07) is 8.98. The van der Waals surface area contributed by atoms with Gasteiger partial charge in [-0.15, -0.1) is 16.4 Å². The van der Waals surface area contributed by atoms with Crippen LogP contribution >= 0.6 is 11.3 Å². The molecule has 1 atom stereocenters. The Kier molecular flexibility index (Phi) is 6.21. The molecule has 0 radical (unpaired) electrons. The quantitative estimate of drug-likeness (QED) is 0.586. The molecular formula is C17H18N6O3S. The first-order valence-corrected chi connectivity index (χ1v) is 9.21. The van der Waals surface area contributed by atoms with Crippen LogP contribution in [0.2, 0.25) is 0 Å². The predicted molar refractivity (Wildman–Crippen MR) is 98.1 cm³/mol. The maximum absolute atomic E-state index is 12.8. The van der Waals surface area contributed by atoms with E-state index in [0.29, 0.717) is 23.9 Å². The number of hydrogen-bond donors (Lipinski definition) is 1. The molecule has 1 unspecified atom stereocenters. The Balaban J connectivity index is 1.69. The van der Waals surface area contributed by atoms with Crippen LogP contribution < -0.4 is 5.32 Å². The zero-order valence-corrected chi connectivity index (χ0v) is 15.4. The lowest BCUT2D eigenvalue weighted by Crippen LogP contribution is -2.28. The van der Waals surface area contributed by atoms with Gasteiger partial charge >= 0.3 is 5.97 Å². The third kappa shape index (κ3) is 5.17. The van der Waals surface area contributed by atoms with Gasteiger partial charge in [0.1, 0.15) is 12.4 Å². The summed E-state index contributed by atoms with van der Waals surface area (Å²) in [7, 11) is 0. The summed E-state index contributed by atoms with van der Waals surface area (Å²) in [6.45, 7) is 2.07. The first kappa shape index (κ1) is 18.6. The highest BCUT2D eigenvalue weighted by atomic mass is 32.1. The molecule has 3 aromatic rings. The lowest BCUT2D eigenvalue weighted by atomic mass is 10.1. The fourth-order valence-electron chi connectivity index (χ4n) is 2.45. The highest BCUT2D eigenvalue weighted by Gasteiger charge is 2.23. The van der Waals surface area contributed by atoms with Gasteiger partial charge < -0.3 is 10.1 Å². The molecule has 10 heteroatoms. The Morgan fingerprint density at radius 3 is 2.81 bits per heavy atom. The van der Waals surface area contributed by atoms with Gasteiger partial charge in [-0.1, -0.05) is 30.3 Å². The third-order valence-electron chi connectivity index (χ3n) is 3.67. The number of amides is 1. The molecule has 0 spiro atoms. The molecule has 2 heterocycles. The van der Waals surface area contributed by atoms with Crippen LogP contribution in [-0.4, -0.2) is 43.7 Å². The Morgan fingerprint density at radius 2 is 2.11 bits per heavy atom. The molecule has 9 nitrogen and oxygen atoms in total. The molecule has 0 aliphatic rings. The molecule has 1 aromatic carbocycles. The van der Waals surface area contributed by atoms with E-state index in [1.165, 1.54) is 22.3 Å². The number of esters is 1. The summed E-state index contributed by atoms with van der Waals surface area (Å²) in [6.07, 6.45) is 1.90. The van der Waals surface area contributed by atoms with Gasteiger partial charge in [0.15, 0.2) is 5.13 Å². The highest BCUT2D eigenvalue weighted by molar-refractivity contribution is 7.13. The average Bonchev–Trinajstić information content (AvgIpc) is 3.33. The molecule has 0 aliphatic heterocycles. The van der Waals surface area contributed by atoms with Gasteiger partial charge in [0, 0.05) is 11.8 Å². The first-order valence-electron chi connectivity index (χ1n) is 8.33. The fraction of sp³-hybridized carbons (Fsp3) is 0.294. The lowest BCUT2D eigenvalue weighted by molar-refractivity contribution is -0.142. The number of rotatable bonds is 8. The molecule has 1 amide bonds. The summed E-state index contributed by atoms with van der Waals surface area (Å²) < 4.78 is 6.31. The second kappa shape index (κ2) is 8.99. The summed E-state index contributed by atoms with van der Waals surface area (Å²) in [5, 5.41) is 16.0. The van der Waals surface area contributed by atoms with E-state index in [1.54, 1.807) is 12.3 Å². The van der Waals surface area contributed by atoms with Crippen LogP contribution in [0.4, 0.5) is 5.13 Å². The van der Waals surface area contributed by atoms with Crippen molar-refractivity contribution in [1.82, 2.24) is 25.2 Å². The molecule has 0 fully saturated rings. The maximum Gasteiger partial charge on any atom is 0.311 e. The molecular weight excluding hydrogens is 368 g/mol. The van der Waals surface area contributed by atoms with Crippen molar-refractivity contribution in [1.29, 1.82) is 0 Å². The standard InChI is InChI=1S/C17H18N6O3S/c1-2-26-15(24)9-13-10-27-17(19-13)20-16(25)14(23-11-18-21-22-23)8-12-6-4-3-5-7-12/h3-7,10-11,14H,2,8-9H2,1H3,(H,19,20,25). The number of anilines is 1. The Morgan fingerprint density at radius 1 is 1.30 bits per heavy atom. The molecule has 3 rings (SSSR count). The van der Waals surface area contributed by atoms with E-state index in [2.05, 4.69) is 25.8 Å². The zero-order valence-electron chi connectivity index (χ0n) is 14.6.